The minimum Gasteiger partial charge on any atom is -0.456 e. The van der Waals surface area contributed by atoms with Gasteiger partial charge < -0.3 is 4.42 Å². The van der Waals surface area contributed by atoms with E-state index in [9.17, 15) is 5.26 Å². The Morgan fingerprint density at radius 1 is 0.351 bits per heavy atom. The van der Waals surface area contributed by atoms with E-state index in [0.29, 0.717) is 23.0 Å². The first-order chi connectivity index (χ1) is 28.2. The van der Waals surface area contributed by atoms with Gasteiger partial charge >= 0.3 is 0 Å². The van der Waals surface area contributed by atoms with Gasteiger partial charge in [0, 0.05) is 27.5 Å². The Morgan fingerprint density at radius 3 is 1.63 bits per heavy atom. The number of nitriles is 1. The molecule has 2 heterocycles. The molecule has 0 atom stereocenters. The average molecular weight is 729 g/mol. The predicted molar refractivity (Wildman–Crippen MR) is 230 cm³/mol. The molecule has 0 fully saturated rings. The average Bonchev–Trinajstić information content (AvgIpc) is 3.68. The van der Waals surface area contributed by atoms with Gasteiger partial charge in [0.05, 0.1) is 11.6 Å². The lowest BCUT2D eigenvalue weighted by Crippen LogP contribution is -2.00. The molecule has 0 amide bonds. The summed E-state index contributed by atoms with van der Waals surface area (Å²) >= 11 is 0. The summed E-state index contributed by atoms with van der Waals surface area (Å²) in [7, 11) is 0. The molecule has 0 saturated heterocycles. The third-order valence-electron chi connectivity index (χ3n) is 10.4. The van der Waals surface area contributed by atoms with Crippen LogP contribution in [0.2, 0.25) is 0 Å². The van der Waals surface area contributed by atoms with Gasteiger partial charge in [-0.15, -0.1) is 0 Å². The fourth-order valence-corrected chi connectivity index (χ4v) is 7.60. The maximum absolute atomic E-state index is 9.65. The minimum atomic E-state index is 0.545. The molecule has 0 aliphatic heterocycles. The molecule has 5 nitrogen and oxygen atoms in total. The molecule has 0 radical (unpaired) electrons. The van der Waals surface area contributed by atoms with Crippen LogP contribution in [-0.2, 0) is 0 Å². The number of furan rings is 1. The number of hydrogen-bond donors (Lipinski definition) is 0. The van der Waals surface area contributed by atoms with Crippen LogP contribution in [0.1, 0.15) is 5.56 Å². The van der Waals surface area contributed by atoms with Crippen molar-refractivity contribution in [2.45, 2.75) is 0 Å². The molecular weight excluding hydrogens is 697 g/mol. The number of benzene rings is 8. The molecule has 8 aromatic carbocycles. The lowest BCUT2D eigenvalue weighted by molar-refractivity contribution is 0.669. The van der Waals surface area contributed by atoms with E-state index in [1.165, 1.54) is 11.1 Å². The summed E-state index contributed by atoms with van der Waals surface area (Å²) in [6.07, 6.45) is 0. The zero-order chi connectivity index (χ0) is 38.1. The van der Waals surface area contributed by atoms with Crippen LogP contribution in [-0.4, -0.2) is 15.0 Å². The molecule has 266 valence electrons. The Bertz CT molecular complexity index is 3130. The number of rotatable bonds is 7. The van der Waals surface area contributed by atoms with Gasteiger partial charge in [-0.1, -0.05) is 152 Å². The fourth-order valence-electron chi connectivity index (χ4n) is 7.60. The molecule has 0 aliphatic rings. The minimum absolute atomic E-state index is 0.545. The largest absolute Gasteiger partial charge is 0.456 e. The normalized spacial score (nSPS) is 11.1. The van der Waals surface area contributed by atoms with Crippen molar-refractivity contribution in [1.82, 2.24) is 15.0 Å². The highest BCUT2D eigenvalue weighted by molar-refractivity contribution is 6.13. The monoisotopic (exact) mass is 728 g/mol. The quantitative estimate of drug-likeness (QED) is 0.163. The first-order valence-electron chi connectivity index (χ1n) is 18.8. The van der Waals surface area contributed by atoms with E-state index < -0.39 is 0 Å². The van der Waals surface area contributed by atoms with Crippen molar-refractivity contribution in [3.63, 3.8) is 0 Å². The van der Waals surface area contributed by atoms with Gasteiger partial charge in [0.25, 0.3) is 0 Å². The van der Waals surface area contributed by atoms with Crippen molar-refractivity contribution in [1.29, 1.82) is 5.26 Å². The highest BCUT2D eigenvalue weighted by Crippen LogP contribution is 2.40. The maximum Gasteiger partial charge on any atom is 0.164 e. The molecule has 5 heteroatoms. The maximum atomic E-state index is 9.65. The van der Waals surface area contributed by atoms with Crippen LogP contribution in [0.5, 0.6) is 0 Å². The highest BCUT2D eigenvalue weighted by atomic mass is 16.3. The molecule has 0 N–H and O–H groups in total. The van der Waals surface area contributed by atoms with Crippen LogP contribution in [0.4, 0.5) is 0 Å². The van der Waals surface area contributed by atoms with E-state index in [1.807, 2.05) is 97.1 Å². The van der Waals surface area contributed by atoms with Gasteiger partial charge in [-0.2, -0.15) is 5.26 Å². The van der Waals surface area contributed by atoms with Crippen LogP contribution >= 0.6 is 0 Å². The molecule has 0 saturated carbocycles. The van der Waals surface area contributed by atoms with Crippen molar-refractivity contribution < 1.29 is 4.42 Å². The molecule has 57 heavy (non-hydrogen) atoms. The van der Waals surface area contributed by atoms with Crippen LogP contribution in [0.15, 0.2) is 199 Å². The van der Waals surface area contributed by atoms with Crippen molar-refractivity contribution in [2.24, 2.45) is 0 Å². The van der Waals surface area contributed by atoms with Crippen LogP contribution in [0.3, 0.4) is 0 Å². The molecule has 10 rings (SSSR count). The van der Waals surface area contributed by atoms with Crippen molar-refractivity contribution in [2.75, 3.05) is 0 Å². The van der Waals surface area contributed by atoms with Gasteiger partial charge in [0.1, 0.15) is 11.2 Å². The standard InChI is InChI=1S/C52H32N4O/c53-33-34-13-10-21-39(29-34)43-27-25-41(31-46(43)36-16-6-2-7-17-36)51-54-50(37-18-8-3-9-19-37)55-52(56-51)42-26-28-45-48(32-42)57-47-24-12-23-44(49(45)47)40-22-11-20-38(30-40)35-14-4-1-5-15-35/h1-32H. The second kappa shape index (κ2) is 14.4. The lowest BCUT2D eigenvalue weighted by Gasteiger charge is -2.14. The van der Waals surface area contributed by atoms with E-state index in [-0.39, 0.29) is 0 Å². The van der Waals surface area contributed by atoms with Gasteiger partial charge in [-0.05, 0) is 87.0 Å². The molecule has 0 aliphatic carbocycles. The lowest BCUT2D eigenvalue weighted by atomic mass is 9.92. The first-order valence-corrected chi connectivity index (χ1v) is 18.8. The number of aromatic nitrogens is 3. The molecule has 0 bridgehead atoms. The smallest absolute Gasteiger partial charge is 0.164 e. The summed E-state index contributed by atoms with van der Waals surface area (Å²) in [4.78, 5) is 15.2. The summed E-state index contributed by atoms with van der Waals surface area (Å²) in [5, 5.41) is 11.7. The topological polar surface area (TPSA) is 75.6 Å². The van der Waals surface area contributed by atoms with Crippen LogP contribution in [0, 0.1) is 11.3 Å². The first kappa shape index (κ1) is 33.6. The molecular formula is C52H32N4O. The zero-order valence-electron chi connectivity index (χ0n) is 30.7. The SMILES string of the molecule is N#Cc1cccc(-c2ccc(-c3nc(-c4ccccc4)nc(-c4ccc5c(c4)oc4cccc(-c6cccc(-c7ccccc7)c6)c45)n3)cc2-c2ccccc2)c1. The summed E-state index contributed by atoms with van der Waals surface area (Å²) in [6.45, 7) is 0. The number of nitrogens with zero attached hydrogens (tertiary/aromatic N) is 4. The number of hydrogen-bond acceptors (Lipinski definition) is 5. The molecule has 0 unspecified atom stereocenters. The Kier molecular flexibility index (Phi) is 8.48. The van der Waals surface area contributed by atoms with Crippen molar-refractivity contribution in [3.8, 4) is 84.7 Å². The molecule has 10 aromatic rings. The van der Waals surface area contributed by atoms with Crippen LogP contribution in [0.25, 0.3) is 101 Å². The van der Waals surface area contributed by atoms with E-state index in [2.05, 4.69) is 103 Å². The Hall–Kier alpha value is -7.94. The highest BCUT2D eigenvalue weighted by Gasteiger charge is 2.18. The third kappa shape index (κ3) is 6.42. The van der Waals surface area contributed by atoms with Crippen LogP contribution < -0.4 is 0 Å². The van der Waals surface area contributed by atoms with Gasteiger partial charge in [0.15, 0.2) is 17.5 Å². The van der Waals surface area contributed by atoms with Crippen molar-refractivity contribution >= 4 is 21.9 Å². The van der Waals surface area contributed by atoms with Gasteiger partial charge in [0.2, 0.25) is 0 Å². The number of fused-ring (bicyclic) bond motifs is 3. The molecule has 2 aromatic heterocycles. The van der Waals surface area contributed by atoms with E-state index in [0.717, 1.165) is 72.0 Å². The van der Waals surface area contributed by atoms with E-state index >= 15 is 0 Å². The fraction of sp³-hybridized carbons (Fsp3) is 0. The summed E-state index contributed by atoms with van der Waals surface area (Å²) in [5.41, 5.74) is 13.4. The van der Waals surface area contributed by atoms with Gasteiger partial charge in [-0.3, -0.25) is 0 Å². The Labute approximate surface area is 329 Å². The summed E-state index contributed by atoms with van der Waals surface area (Å²) in [5.74, 6) is 1.68. The Morgan fingerprint density at radius 2 is 0.912 bits per heavy atom. The molecule has 0 spiro atoms. The summed E-state index contributed by atoms with van der Waals surface area (Å²) < 4.78 is 6.57. The Balaban J connectivity index is 1.11. The third-order valence-corrected chi connectivity index (χ3v) is 10.4. The zero-order valence-corrected chi connectivity index (χ0v) is 30.7. The second-order valence-corrected chi connectivity index (χ2v) is 13.9. The van der Waals surface area contributed by atoms with Gasteiger partial charge in [-0.25, -0.2) is 15.0 Å². The second-order valence-electron chi connectivity index (χ2n) is 13.9. The summed E-state index contributed by atoms with van der Waals surface area (Å²) in [6, 6.07) is 68.1. The predicted octanol–water partition coefficient (Wildman–Crippen LogP) is 13.3. The van der Waals surface area contributed by atoms with E-state index in [4.69, 9.17) is 19.4 Å². The van der Waals surface area contributed by atoms with Crippen molar-refractivity contribution in [3.05, 3.63) is 200 Å². The van der Waals surface area contributed by atoms with E-state index in [1.54, 1.807) is 0 Å².